The fraction of sp³-hybridized carbons (Fsp3) is 0.474. The minimum Gasteiger partial charge on any atom is -0.493 e. The van der Waals surface area contributed by atoms with Gasteiger partial charge in [-0.2, -0.15) is 0 Å². The Morgan fingerprint density at radius 3 is 1.04 bits per heavy atom. The van der Waals surface area contributed by atoms with Crippen LogP contribution in [0.5, 0.6) is 46.0 Å². The van der Waals surface area contributed by atoms with Crippen molar-refractivity contribution >= 4 is 35.8 Å². The predicted molar refractivity (Wildman–Crippen MR) is 286 cm³/mol. The van der Waals surface area contributed by atoms with E-state index in [2.05, 4.69) is 50.5 Å². The molecule has 0 bridgehead atoms. The summed E-state index contributed by atoms with van der Waals surface area (Å²) in [4.78, 5) is 62.8. The number of unbranched alkanes of at least 4 members (excludes halogenated alkanes) is 2. The maximum absolute atomic E-state index is 13.2. The normalized spacial score (nSPS) is 17.7. The van der Waals surface area contributed by atoms with Gasteiger partial charge in [0.1, 0.15) is 12.1 Å². The summed E-state index contributed by atoms with van der Waals surface area (Å²) >= 11 is 0. The van der Waals surface area contributed by atoms with E-state index in [-0.39, 0.29) is 24.0 Å². The van der Waals surface area contributed by atoms with E-state index in [1.807, 2.05) is 24.3 Å². The SMILES string of the molecule is COc1ccc(C[C@@H]2c3cc(OC)c(OC)cc3CC[N@+]2(C)CCC(=O)OCCCCCOC(=O)CC[N@@+]2(C)CCc3cc(OC)c(OC)cc3[C@H]2Cc2ccc(OC)c(OC)c2)cc1OC.O=C(O)C(=O)O.O=C(O)C(=O)O. The van der Waals surface area contributed by atoms with Crippen molar-refractivity contribution in [2.75, 3.05) is 110 Å². The average Bonchev–Trinajstić information content (AvgIpc) is 3.60. The number of aliphatic carboxylic acids is 4. The molecule has 79 heavy (non-hydrogen) atoms. The number of fused-ring (bicyclic) bond motifs is 2. The molecule has 2 heterocycles. The molecule has 4 atom stereocenters. The number of carbonyl (C=O) groups is 6. The first-order chi connectivity index (χ1) is 37.6. The molecule has 0 amide bonds. The van der Waals surface area contributed by atoms with Gasteiger partial charge < -0.3 is 76.8 Å². The number of nitrogens with zero attached hydrogens (tertiary/aromatic N) is 2. The fourth-order valence-electron chi connectivity index (χ4n) is 9.91. The lowest BCUT2D eigenvalue weighted by Gasteiger charge is -2.46. The van der Waals surface area contributed by atoms with Crippen LogP contribution in [-0.2, 0) is 63.9 Å². The van der Waals surface area contributed by atoms with Crippen molar-refractivity contribution in [3.05, 3.63) is 94.0 Å². The van der Waals surface area contributed by atoms with E-state index in [1.165, 1.54) is 22.3 Å². The lowest BCUT2D eigenvalue weighted by molar-refractivity contribution is -0.940. The number of rotatable bonds is 24. The van der Waals surface area contributed by atoms with Gasteiger partial charge in [0.05, 0.1) is 123 Å². The first-order valence-corrected chi connectivity index (χ1v) is 25.5. The Hall–Kier alpha value is -7.98. The third-order valence-electron chi connectivity index (χ3n) is 14.4. The maximum atomic E-state index is 13.2. The van der Waals surface area contributed by atoms with Crippen LogP contribution in [0, 0.1) is 0 Å². The molecule has 0 saturated heterocycles. The van der Waals surface area contributed by atoms with E-state index < -0.39 is 23.9 Å². The zero-order valence-electron chi connectivity index (χ0n) is 46.8. The largest absolute Gasteiger partial charge is 0.493 e. The standard InChI is InChI=1S/C53H72N2O12.2C2H2O4/c1-54(22-18-38-32-48(62-7)50(64-9)34-40(38)42(54)28-36-14-16-44(58-3)46(30-36)60-5)24-20-52(56)66-26-12-11-13-27-67-53(57)21-25-55(2)23-19-39-33-49(63-8)51(65-10)35-41(39)43(55)29-37-15-17-45(59-4)47(31-37)61-6;2*3-1(4)2(5)6/h14-17,30-35,42-43H,11-13,18-29H2,1-10H3;2*(H,3,4)(H,5,6)/q+2;;/t42-,43-,54-,55-;;/m1../s1. The Labute approximate surface area is 460 Å². The summed E-state index contributed by atoms with van der Waals surface area (Å²) in [5.41, 5.74) is 7.00. The molecule has 22 heteroatoms. The van der Waals surface area contributed by atoms with Crippen molar-refractivity contribution in [2.24, 2.45) is 0 Å². The molecule has 4 aromatic carbocycles. The van der Waals surface area contributed by atoms with Crippen molar-refractivity contribution in [3.63, 3.8) is 0 Å². The van der Waals surface area contributed by atoms with Crippen LogP contribution in [0.3, 0.4) is 0 Å². The molecule has 6 rings (SSSR count). The molecular formula is C57H76N2O20+2. The fourth-order valence-corrected chi connectivity index (χ4v) is 9.91. The lowest BCUT2D eigenvalue weighted by atomic mass is 9.86. The second-order valence-electron chi connectivity index (χ2n) is 19.2. The average molecular weight is 1110 g/mol. The number of quaternary nitrogens is 2. The monoisotopic (exact) mass is 1110 g/mol. The molecule has 22 nitrogen and oxygen atoms in total. The number of hydrogen-bond donors (Lipinski definition) is 4. The molecule has 4 N–H and O–H groups in total. The van der Waals surface area contributed by atoms with E-state index in [1.54, 1.807) is 56.9 Å². The minimum atomic E-state index is -1.82. The quantitative estimate of drug-likeness (QED) is 0.0256. The predicted octanol–water partition coefficient (Wildman–Crippen LogP) is 6.38. The van der Waals surface area contributed by atoms with E-state index in [9.17, 15) is 9.59 Å². The number of ether oxygens (including phenoxy) is 10. The number of benzene rings is 4. The zero-order valence-corrected chi connectivity index (χ0v) is 46.8. The van der Waals surface area contributed by atoms with Crippen LogP contribution in [0.2, 0.25) is 0 Å². The third-order valence-corrected chi connectivity index (χ3v) is 14.4. The smallest absolute Gasteiger partial charge is 0.414 e. The summed E-state index contributed by atoms with van der Waals surface area (Å²) < 4.78 is 57.8. The molecule has 0 aliphatic carbocycles. The molecule has 0 aromatic heterocycles. The van der Waals surface area contributed by atoms with Crippen molar-refractivity contribution in [3.8, 4) is 46.0 Å². The third kappa shape index (κ3) is 17.5. The summed E-state index contributed by atoms with van der Waals surface area (Å²) in [5.74, 6) is -2.24. The zero-order chi connectivity index (χ0) is 58.5. The summed E-state index contributed by atoms with van der Waals surface area (Å²) in [6.07, 6.45) is 5.85. The molecular weight excluding hydrogens is 1030 g/mol. The topological polar surface area (TPSA) is 276 Å². The number of esters is 2. The maximum Gasteiger partial charge on any atom is 0.414 e. The summed E-state index contributed by atoms with van der Waals surface area (Å²) in [7, 11) is 17.6. The van der Waals surface area contributed by atoms with Crippen molar-refractivity contribution in [2.45, 2.75) is 69.9 Å². The van der Waals surface area contributed by atoms with E-state index in [4.69, 9.17) is 87.0 Å². The molecule has 0 fully saturated rings. The molecule has 0 unspecified atom stereocenters. The molecule has 0 saturated carbocycles. The van der Waals surface area contributed by atoms with Crippen LogP contribution in [0.4, 0.5) is 0 Å². The van der Waals surface area contributed by atoms with Gasteiger partial charge in [-0.25, -0.2) is 19.2 Å². The lowest BCUT2D eigenvalue weighted by Crippen LogP contribution is -2.53. The number of likely N-dealkylation sites (N-methyl/N-ethyl adjacent to an activating group) is 2. The molecule has 0 radical (unpaired) electrons. The highest BCUT2D eigenvalue weighted by Crippen LogP contribution is 2.45. The van der Waals surface area contributed by atoms with Gasteiger partial charge in [-0.3, -0.25) is 9.59 Å². The molecule has 2 aliphatic rings. The highest BCUT2D eigenvalue weighted by Gasteiger charge is 2.42. The van der Waals surface area contributed by atoms with Crippen LogP contribution in [0.15, 0.2) is 60.7 Å². The van der Waals surface area contributed by atoms with Gasteiger partial charge in [0, 0.05) is 36.8 Å². The number of carboxylic acids is 4. The Morgan fingerprint density at radius 1 is 0.430 bits per heavy atom. The van der Waals surface area contributed by atoms with Crippen molar-refractivity contribution < 1.29 is 106 Å². The molecule has 432 valence electrons. The van der Waals surface area contributed by atoms with Crippen molar-refractivity contribution in [1.29, 1.82) is 0 Å². The summed E-state index contributed by atoms with van der Waals surface area (Å²) in [6, 6.07) is 20.5. The molecule has 4 aromatic rings. The highest BCUT2D eigenvalue weighted by molar-refractivity contribution is 6.27. The summed E-state index contributed by atoms with van der Waals surface area (Å²) in [5, 5.41) is 29.6. The number of carbonyl (C=O) groups excluding carboxylic acids is 2. The van der Waals surface area contributed by atoms with Gasteiger partial charge in [0.25, 0.3) is 0 Å². The van der Waals surface area contributed by atoms with Gasteiger partial charge in [0.2, 0.25) is 0 Å². The van der Waals surface area contributed by atoms with E-state index in [0.717, 1.165) is 56.3 Å². The van der Waals surface area contributed by atoms with Gasteiger partial charge in [0.15, 0.2) is 46.0 Å². The van der Waals surface area contributed by atoms with Gasteiger partial charge in [-0.05, 0) is 90.0 Å². The molecule has 0 spiro atoms. The highest BCUT2D eigenvalue weighted by atomic mass is 16.5. The van der Waals surface area contributed by atoms with E-state index in [0.29, 0.717) is 107 Å². The molecule has 2 aliphatic heterocycles. The van der Waals surface area contributed by atoms with Crippen LogP contribution in [0.25, 0.3) is 0 Å². The second kappa shape index (κ2) is 30.2. The van der Waals surface area contributed by atoms with Crippen LogP contribution in [0.1, 0.15) is 77.6 Å². The van der Waals surface area contributed by atoms with Gasteiger partial charge in [-0.1, -0.05) is 12.1 Å². The first-order valence-electron chi connectivity index (χ1n) is 25.5. The first kappa shape index (κ1) is 63.6. The van der Waals surface area contributed by atoms with Crippen LogP contribution in [-0.4, -0.2) is 176 Å². The number of hydrogen-bond acceptors (Lipinski definition) is 16. The Bertz CT molecular complexity index is 2540. The van der Waals surface area contributed by atoms with Gasteiger partial charge >= 0.3 is 35.8 Å². The Kier molecular flexibility index (Phi) is 24.3. The number of methoxy groups -OCH3 is 8. The van der Waals surface area contributed by atoms with Crippen molar-refractivity contribution in [1.82, 2.24) is 0 Å². The minimum absolute atomic E-state index is 0.0393. The second-order valence-corrected chi connectivity index (χ2v) is 19.2. The van der Waals surface area contributed by atoms with E-state index >= 15 is 0 Å². The van der Waals surface area contributed by atoms with Gasteiger partial charge in [-0.15, -0.1) is 0 Å². The Morgan fingerprint density at radius 2 is 0.734 bits per heavy atom. The number of carboxylic acid groups (broad SMARTS) is 4. The Balaban J connectivity index is 0.00000101. The van der Waals surface area contributed by atoms with Crippen LogP contribution >= 0.6 is 0 Å². The van der Waals surface area contributed by atoms with Crippen LogP contribution < -0.4 is 37.9 Å². The summed E-state index contributed by atoms with van der Waals surface area (Å²) in [6.45, 7) is 3.57.